The fourth-order valence-corrected chi connectivity index (χ4v) is 2.42. The van der Waals surface area contributed by atoms with Crippen LogP contribution in [0.1, 0.15) is 16.7 Å². The molecule has 19 heavy (non-hydrogen) atoms. The van der Waals surface area contributed by atoms with Crippen molar-refractivity contribution < 1.29 is 5.21 Å². The maximum absolute atomic E-state index is 8.48. The molecule has 0 aliphatic carbocycles. The number of rotatable bonds is 2. The van der Waals surface area contributed by atoms with Crippen LogP contribution >= 0.6 is 0 Å². The lowest BCUT2D eigenvalue weighted by Gasteiger charge is -2.29. The van der Waals surface area contributed by atoms with Crippen LogP contribution in [0.15, 0.2) is 47.8 Å². The molecule has 0 radical (unpaired) electrons. The van der Waals surface area contributed by atoms with E-state index in [4.69, 9.17) is 5.21 Å². The molecule has 1 aliphatic rings. The number of fused-ring (bicyclic) bond motifs is 1. The van der Waals surface area contributed by atoms with Crippen molar-refractivity contribution in [1.82, 2.24) is 4.98 Å². The predicted molar refractivity (Wildman–Crippen MR) is 74.8 cm³/mol. The van der Waals surface area contributed by atoms with Crippen molar-refractivity contribution >= 4 is 12.0 Å². The van der Waals surface area contributed by atoms with Gasteiger partial charge in [0, 0.05) is 24.8 Å². The maximum Gasteiger partial charge on any atom is 0.128 e. The van der Waals surface area contributed by atoms with Crippen LogP contribution in [-0.4, -0.2) is 23.0 Å². The van der Waals surface area contributed by atoms with Crippen LogP contribution in [-0.2, 0) is 13.0 Å². The van der Waals surface area contributed by atoms with E-state index in [1.807, 2.05) is 12.1 Å². The molecule has 0 atom stereocenters. The summed E-state index contributed by atoms with van der Waals surface area (Å²) in [5.74, 6) is 0.963. The lowest BCUT2D eigenvalue weighted by atomic mass is 10.00. The Kier molecular flexibility index (Phi) is 3.14. The first-order chi connectivity index (χ1) is 9.36. The van der Waals surface area contributed by atoms with Gasteiger partial charge in [-0.15, -0.1) is 0 Å². The zero-order valence-electron chi connectivity index (χ0n) is 10.5. The van der Waals surface area contributed by atoms with Crippen molar-refractivity contribution in [3.63, 3.8) is 0 Å². The normalized spacial score (nSPS) is 14.6. The Morgan fingerprint density at radius 3 is 2.74 bits per heavy atom. The van der Waals surface area contributed by atoms with E-state index in [1.54, 1.807) is 6.20 Å². The minimum absolute atomic E-state index is 0.795. The molecule has 0 spiro atoms. The van der Waals surface area contributed by atoms with Gasteiger partial charge in [0.1, 0.15) is 5.82 Å². The topological polar surface area (TPSA) is 48.7 Å². The summed E-state index contributed by atoms with van der Waals surface area (Å²) >= 11 is 0. The standard InChI is InChI=1S/C15H15N3O/c19-17-10-12-5-6-15(16-9-12)18-8-7-13-3-1-2-4-14(13)11-18/h1-6,9-10,19H,7-8,11H2/b17-10+. The second-order valence-electron chi connectivity index (χ2n) is 4.63. The number of oxime groups is 1. The molecule has 0 amide bonds. The Hall–Kier alpha value is -2.36. The molecule has 96 valence electrons. The van der Waals surface area contributed by atoms with E-state index in [0.717, 1.165) is 30.9 Å². The van der Waals surface area contributed by atoms with Crippen molar-refractivity contribution in [1.29, 1.82) is 0 Å². The van der Waals surface area contributed by atoms with Gasteiger partial charge in [-0.2, -0.15) is 0 Å². The minimum Gasteiger partial charge on any atom is -0.411 e. The summed E-state index contributed by atoms with van der Waals surface area (Å²) in [5, 5.41) is 11.5. The number of benzene rings is 1. The molecule has 2 heterocycles. The summed E-state index contributed by atoms with van der Waals surface area (Å²) in [6, 6.07) is 12.4. The van der Waals surface area contributed by atoms with E-state index in [0.29, 0.717) is 0 Å². The Bertz CT molecular complexity index is 593. The molecule has 1 aromatic heterocycles. The van der Waals surface area contributed by atoms with Crippen molar-refractivity contribution in [2.75, 3.05) is 11.4 Å². The summed E-state index contributed by atoms with van der Waals surface area (Å²) in [5.41, 5.74) is 3.60. The average molecular weight is 253 g/mol. The SMILES string of the molecule is O/N=C/c1ccc(N2CCc3ccccc3C2)nc1. The Morgan fingerprint density at radius 2 is 2.00 bits per heavy atom. The summed E-state index contributed by atoms with van der Waals surface area (Å²) < 4.78 is 0. The van der Waals surface area contributed by atoms with E-state index >= 15 is 0 Å². The van der Waals surface area contributed by atoms with Gasteiger partial charge in [0.25, 0.3) is 0 Å². The number of anilines is 1. The van der Waals surface area contributed by atoms with Crippen LogP contribution in [0.25, 0.3) is 0 Å². The highest BCUT2D eigenvalue weighted by Gasteiger charge is 2.16. The van der Waals surface area contributed by atoms with Crippen molar-refractivity contribution in [3.05, 3.63) is 59.3 Å². The van der Waals surface area contributed by atoms with E-state index < -0.39 is 0 Å². The highest BCUT2D eigenvalue weighted by Crippen LogP contribution is 2.22. The van der Waals surface area contributed by atoms with Gasteiger partial charge in [-0.05, 0) is 29.7 Å². The van der Waals surface area contributed by atoms with Crippen LogP contribution in [0.4, 0.5) is 5.82 Å². The maximum atomic E-state index is 8.48. The van der Waals surface area contributed by atoms with Crippen LogP contribution in [0, 0.1) is 0 Å². The number of hydrogen-bond acceptors (Lipinski definition) is 4. The van der Waals surface area contributed by atoms with Crippen LogP contribution in [0.3, 0.4) is 0 Å². The summed E-state index contributed by atoms with van der Waals surface area (Å²) in [4.78, 5) is 6.68. The molecular weight excluding hydrogens is 238 g/mol. The van der Waals surface area contributed by atoms with Crippen LogP contribution < -0.4 is 4.90 Å². The summed E-state index contributed by atoms with van der Waals surface area (Å²) in [7, 11) is 0. The van der Waals surface area contributed by atoms with Crippen molar-refractivity contribution in [3.8, 4) is 0 Å². The Balaban J connectivity index is 1.81. The zero-order chi connectivity index (χ0) is 13.1. The number of nitrogens with zero attached hydrogens (tertiary/aromatic N) is 3. The summed E-state index contributed by atoms with van der Waals surface area (Å²) in [6.07, 6.45) is 4.15. The van der Waals surface area contributed by atoms with Gasteiger partial charge >= 0.3 is 0 Å². The fourth-order valence-electron chi connectivity index (χ4n) is 2.42. The molecular formula is C15H15N3O. The molecule has 4 heteroatoms. The second-order valence-corrected chi connectivity index (χ2v) is 4.63. The van der Waals surface area contributed by atoms with Gasteiger partial charge < -0.3 is 10.1 Å². The third kappa shape index (κ3) is 2.42. The minimum atomic E-state index is 0.795. The predicted octanol–water partition coefficient (Wildman–Crippen LogP) is 2.45. The zero-order valence-corrected chi connectivity index (χ0v) is 10.5. The largest absolute Gasteiger partial charge is 0.411 e. The van der Waals surface area contributed by atoms with Gasteiger partial charge in [0.15, 0.2) is 0 Å². The van der Waals surface area contributed by atoms with Crippen LogP contribution in [0.5, 0.6) is 0 Å². The first-order valence-electron chi connectivity index (χ1n) is 6.32. The molecule has 4 nitrogen and oxygen atoms in total. The van der Waals surface area contributed by atoms with E-state index in [1.165, 1.54) is 17.3 Å². The molecule has 1 N–H and O–H groups in total. The first-order valence-corrected chi connectivity index (χ1v) is 6.32. The molecule has 0 unspecified atom stereocenters. The van der Waals surface area contributed by atoms with E-state index in [9.17, 15) is 0 Å². The molecule has 3 rings (SSSR count). The smallest absolute Gasteiger partial charge is 0.128 e. The monoisotopic (exact) mass is 253 g/mol. The average Bonchev–Trinajstić information content (AvgIpc) is 2.48. The molecule has 1 aliphatic heterocycles. The molecule has 2 aromatic rings. The third-order valence-corrected chi connectivity index (χ3v) is 3.43. The highest BCUT2D eigenvalue weighted by molar-refractivity contribution is 5.78. The quantitative estimate of drug-likeness (QED) is 0.508. The fraction of sp³-hybridized carbons (Fsp3) is 0.200. The Labute approximate surface area is 112 Å². The second kappa shape index (κ2) is 5.10. The highest BCUT2D eigenvalue weighted by atomic mass is 16.4. The number of pyridine rings is 1. The van der Waals surface area contributed by atoms with Crippen molar-refractivity contribution in [2.45, 2.75) is 13.0 Å². The van der Waals surface area contributed by atoms with Gasteiger partial charge in [0.05, 0.1) is 6.21 Å². The van der Waals surface area contributed by atoms with Gasteiger partial charge in [0.2, 0.25) is 0 Å². The van der Waals surface area contributed by atoms with Gasteiger partial charge in [-0.25, -0.2) is 4.98 Å². The molecule has 0 saturated carbocycles. The molecule has 0 bridgehead atoms. The van der Waals surface area contributed by atoms with E-state index in [-0.39, 0.29) is 0 Å². The summed E-state index contributed by atoms with van der Waals surface area (Å²) in [6.45, 7) is 1.88. The van der Waals surface area contributed by atoms with Gasteiger partial charge in [-0.1, -0.05) is 29.4 Å². The van der Waals surface area contributed by atoms with Crippen molar-refractivity contribution in [2.24, 2.45) is 5.16 Å². The molecule has 0 fully saturated rings. The third-order valence-electron chi connectivity index (χ3n) is 3.43. The number of aromatic nitrogens is 1. The van der Waals surface area contributed by atoms with Gasteiger partial charge in [-0.3, -0.25) is 0 Å². The Morgan fingerprint density at radius 1 is 1.16 bits per heavy atom. The van der Waals surface area contributed by atoms with Crippen LogP contribution in [0.2, 0.25) is 0 Å². The first kappa shape index (κ1) is 11.7. The molecule has 0 saturated heterocycles. The van der Waals surface area contributed by atoms with E-state index in [2.05, 4.69) is 39.3 Å². The lowest BCUT2D eigenvalue weighted by molar-refractivity contribution is 0.322. The lowest BCUT2D eigenvalue weighted by Crippen LogP contribution is -2.30. The molecule has 1 aromatic carbocycles. The number of hydrogen-bond donors (Lipinski definition) is 1.